The molecule has 1 aliphatic heterocycles. The molecule has 1 saturated carbocycles. The minimum absolute atomic E-state index is 0.172. The Morgan fingerprint density at radius 2 is 2.14 bits per heavy atom. The van der Waals surface area contributed by atoms with Crippen LogP contribution in [0.1, 0.15) is 35.9 Å². The standard InChI is InChI=1S/C25H28N6O4S/c1-4-19(32)28-16-9-6-10-17(16)29-23(33)22-21-20-18(11-12-27-24(20)36-22)31(25(34)30-21)15(14-26-5-2)8-7-13-35-3/h4-5,7-8,11-12,14,16-17H,1,6,9-10,13H2,2-3H3,(H,28,32)(H,29,33)(H,30,34)/b8-7-,15-14+,26-5?. The molecule has 0 bridgehead atoms. The van der Waals surface area contributed by atoms with Gasteiger partial charge in [0.25, 0.3) is 5.91 Å². The molecule has 1 fully saturated rings. The van der Waals surface area contributed by atoms with Crippen LogP contribution in [0.25, 0.3) is 10.2 Å². The molecule has 4 rings (SSSR count). The lowest BCUT2D eigenvalue weighted by Crippen LogP contribution is -2.48. The van der Waals surface area contributed by atoms with Crippen LogP contribution in [-0.4, -0.2) is 54.8 Å². The second-order valence-corrected chi connectivity index (χ2v) is 9.23. The van der Waals surface area contributed by atoms with Gasteiger partial charge in [-0.25, -0.2) is 9.78 Å². The molecule has 2 aromatic rings. The van der Waals surface area contributed by atoms with E-state index in [1.165, 1.54) is 22.3 Å². The Bertz CT molecular complexity index is 1280. The third kappa shape index (κ3) is 5.07. The smallest absolute Gasteiger partial charge is 0.331 e. The number of methoxy groups -OCH3 is 1. The van der Waals surface area contributed by atoms with E-state index in [9.17, 15) is 14.4 Å². The van der Waals surface area contributed by atoms with Crippen molar-refractivity contribution >= 4 is 57.0 Å². The number of hydrogen-bond acceptors (Lipinski definition) is 7. The number of anilines is 2. The van der Waals surface area contributed by atoms with Gasteiger partial charge < -0.3 is 20.7 Å². The van der Waals surface area contributed by atoms with Crippen LogP contribution in [0.2, 0.25) is 0 Å². The molecule has 36 heavy (non-hydrogen) atoms. The Labute approximate surface area is 212 Å². The summed E-state index contributed by atoms with van der Waals surface area (Å²) in [6.07, 6.45) is 12.0. The summed E-state index contributed by atoms with van der Waals surface area (Å²) in [5, 5.41) is 9.49. The molecule has 3 N–H and O–H groups in total. The van der Waals surface area contributed by atoms with E-state index in [1.807, 2.05) is 0 Å². The Kier molecular flexibility index (Phi) is 7.91. The van der Waals surface area contributed by atoms with Crippen molar-refractivity contribution in [1.29, 1.82) is 0 Å². The van der Waals surface area contributed by atoms with Crippen LogP contribution in [0.4, 0.5) is 16.2 Å². The number of rotatable bonds is 9. The topological polar surface area (TPSA) is 125 Å². The summed E-state index contributed by atoms with van der Waals surface area (Å²) in [5.74, 6) is -0.584. The summed E-state index contributed by atoms with van der Waals surface area (Å²) in [4.78, 5) is 49.6. The number of nitrogens with one attached hydrogen (secondary N) is 3. The summed E-state index contributed by atoms with van der Waals surface area (Å²) < 4.78 is 5.09. The highest BCUT2D eigenvalue weighted by Crippen LogP contribution is 2.44. The third-order valence-corrected chi connectivity index (χ3v) is 7.06. The summed E-state index contributed by atoms with van der Waals surface area (Å²) in [6.45, 7) is 5.65. The lowest BCUT2D eigenvalue weighted by atomic mass is 10.1. The highest BCUT2D eigenvalue weighted by molar-refractivity contribution is 7.21. The van der Waals surface area contributed by atoms with Crippen LogP contribution >= 0.6 is 11.3 Å². The van der Waals surface area contributed by atoms with E-state index in [2.05, 4.69) is 32.5 Å². The zero-order chi connectivity index (χ0) is 25.7. The first kappa shape index (κ1) is 25.3. The molecule has 4 amide bonds. The van der Waals surface area contributed by atoms with Crippen molar-refractivity contribution in [3.63, 3.8) is 0 Å². The number of aromatic nitrogens is 1. The monoisotopic (exact) mass is 508 g/mol. The zero-order valence-electron chi connectivity index (χ0n) is 20.1. The van der Waals surface area contributed by atoms with E-state index >= 15 is 0 Å². The first-order chi connectivity index (χ1) is 17.5. The van der Waals surface area contributed by atoms with Crippen LogP contribution in [0.15, 0.2) is 54.0 Å². The molecule has 11 heteroatoms. The van der Waals surface area contributed by atoms with Crippen molar-refractivity contribution in [2.24, 2.45) is 4.99 Å². The second-order valence-electron chi connectivity index (χ2n) is 8.23. The Morgan fingerprint density at radius 1 is 1.36 bits per heavy atom. The number of ether oxygens (including phenoxy) is 1. The van der Waals surface area contributed by atoms with Gasteiger partial charge in [0, 0.05) is 31.6 Å². The highest BCUT2D eigenvalue weighted by Gasteiger charge is 2.35. The van der Waals surface area contributed by atoms with E-state index in [-0.39, 0.29) is 23.9 Å². The van der Waals surface area contributed by atoms with Gasteiger partial charge in [-0.2, -0.15) is 0 Å². The first-order valence-corrected chi connectivity index (χ1v) is 12.4. The number of urea groups is 1. The molecule has 10 nitrogen and oxygen atoms in total. The lowest BCUT2D eigenvalue weighted by molar-refractivity contribution is -0.117. The normalized spacial score (nSPS) is 19.8. The molecular weight excluding hydrogens is 480 g/mol. The molecule has 0 saturated heterocycles. The molecule has 1 aliphatic carbocycles. The average Bonchev–Trinajstić information content (AvgIpc) is 3.46. The van der Waals surface area contributed by atoms with Gasteiger partial charge in [0.1, 0.15) is 9.71 Å². The molecule has 0 aromatic carbocycles. The maximum atomic E-state index is 13.3. The fourth-order valence-corrected chi connectivity index (χ4v) is 5.40. The lowest BCUT2D eigenvalue weighted by Gasteiger charge is -2.29. The van der Waals surface area contributed by atoms with E-state index in [1.54, 1.807) is 50.9 Å². The van der Waals surface area contributed by atoms with Gasteiger partial charge in [-0.1, -0.05) is 12.7 Å². The van der Waals surface area contributed by atoms with E-state index < -0.39 is 6.03 Å². The van der Waals surface area contributed by atoms with Crippen LogP contribution in [0.3, 0.4) is 0 Å². The van der Waals surface area contributed by atoms with Gasteiger partial charge in [-0.3, -0.25) is 19.5 Å². The van der Waals surface area contributed by atoms with Gasteiger partial charge >= 0.3 is 6.03 Å². The molecule has 0 spiro atoms. The maximum absolute atomic E-state index is 13.3. The highest BCUT2D eigenvalue weighted by atomic mass is 32.1. The molecule has 0 radical (unpaired) electrons. The van der Waals surface area contributed by atoms with Crippen molar-refractivity contribution in [2.75, 3.05) is 23.9 Å². The predicted molar refractivity (Wildman–Crippen MR) is 142 cm³/mol. The Morgan fingerprint density at radius 3 is 2.86 bits per heavy atom. The summed E-state index contributed by atoms with van der Waals surface area (Å²) in [5.41, 5.74) is 1.57. The number of amides is 4. The molecule has 3 heterocycles. The fraction of sp³-hybridized carbons (Fsp3) is 0.320. The average molecular weight is 509 g/mol. The quantitative estimate of drug-likeness (QED) is 0.270. The van der Waals surface area contributed by atoms with Crippen molar-refractivity contribution in [1.82, 2.24) is 15.6 Å². The maximum Gasteiger partial charge on any atom is 0.331 e. The van der Waals surface area contributed by atoms with Crippen LogP contribution in [0, 0.1) is 0 Å². The Balaban J connectivity index is 1.68. The van der Waals surface area contributed by atoms with Gasteiger partial charge in [-0.15, -0.1) is 11.3 Å². The molecule has 2 aliphatic rings. The van der Waals surface area contributed by atoms with Gasteiger partial charge in [0.15, 0.2) is 0 Å². The van der Waals surface area contributed by atoms with E-state index in [0.29, 0.717) is 38.8 Å². The number of nitrogens with zero attached hydrogens (tertiary/aromatic N) is 3. The Hall–Kier alpha value is -3.83. The fourth-order valence-electron chi connectivity index (χ4n) is 4.37. The first-order valence-electron chi connectivity index (χ1n) is 11.6. The van der Waals surface area contributed by atoms with Crippen LogP contribution in [0.5, 0.6) is 0 Å². The van der Waals surface area contributed by atoms with Gasteiger partial charge in [0.2, 0.25) is 5.91 Å². The summed E-state index contributed by atoms with van der Waals surface area (Å²) >= 11 is 1.21. The van der Waals surface area contributed by atoms with Crippen molar-refractivity contribution in [2.45, 2.75) is 38.3 Å². The summed E-state index contributed by atoms with van der Waals surface area (Å²) in [6, 6.07) is 0.938. The van der Waals surface area contributed by atoms with Crippen molar-refractivity contribution < 1.29 is 19.1 Å². The molecular formula is C25H28N6O4S. The van der Waals surface area contributed by atoms with Crippen molar-refractivity contribution in [3.8, 4) is 0 Å². The molecule has 2 unspecified atom stereocenters. The number of aliphatic imine (C=N–C) groups is 1. The van der Waals surface area contributed by atoms with Gasteiger partial charge in [-0.05, 0) is 44.4 Å². The largest absolute Gasteiger partial charge is 0.381 e. The number of thiophene rings is 1. The predicted octanol–water partition coefficient (Wildman–Crippen LogP) is 3.74. The zero-order valence-corrected chi connectivity index (χ0v) is 20.9. The van der Waals surface area contributed by atoms with Gasteiger partial charge in [0.05, 0.1) is 35.3 Å². The minimum atomic E-state index is -0.418. The third-order valence-electron chi connectivity index (χ3n) is 5.96. The number of carbonyl (C=O) groups excluding carboxylic acids is 3. The van der Waals surface area contributed by atoms with Crippen LogP contribution < -0.4 is 20.9 Å². The number of allylic oxidation sites excluding steroid dienone is 1. The van der Waals surface area contributed by atoms with E-state index in [4.69, 9.17) is 4.74 Å². The SMILES string of the molecule is C=CC(=O)NC1CCCC1NC(=O)c1sc2nccc3c2c1NC(=O)N3C(/C=C\COC)=C/N=CC. The van der Waals surface area contributed by atoms with Crippen LogP contribution in [-0.2, 0) is 9.53 Å². The molecule has 188 valence electrons. The van der Waals surface area contributed by atoms with E-state index in [0.717, 1.165) is 19.3 Å². The number of pyridine rings is 1. The number of carbonyl (C=O) groups is 3. The van der Waals surface area contributed by atoms with Crippen molar-refractivity contribution in [3.05, 3.63) is 53.8 Å². The second kappa shape index (κ2) is 11.3. The minimum Gasteiger partial charge on any atom is -0.381 e. The molecule has 2 atom stereocenters. The summed E-state index contributed by atoms with van der Waals surface area (Å²) in [7, 11) is 1.59. The molecule has 2 aromatic heterocycles. The number of hydrogen-bond donors (Lipinski definition) is 3.